The van der Waals surface area contributed by atoms with Crippen LogP contribution in [-0.4, -0.2) is 29.3 Å². The van der Waals surface area contributed by atoms with E-state index in [1.54, 1.807) is 0 Å². The van der Waals surface area contributed by atoms with Gasteiger partial charge in [-0.05, 0) is 30.5 Å². The molecule has 1 heterocycles. The molecule has 21 heavy (non-hydrogen) atoms. The molecule has 2 atom stereocenters. The normalized spacial score (nSPS) is 22.7. The zero-order valence-electron chi connectivity index (χ0n) is 11.3. The first-order chi connectivity index (χ1) is 9.75. The number of alkyl halides is 4. The van der Waals surface area contributed by atoms with Crippen molar-refractivity contribution in [1.82, 2.24) is 4.90 Å². The monoisotopic (exact) mass is 383 g/mol. The fourth-order valence-electron chi connectivity index (χ4n) is 2.59. The first-order valence-corrected chi connectivity index (χ1v) is 7.82. The summed E-state index contributed by atoms with van der Waals surface area (Å²) in [6, 6.07) is 3.37. The van der Waals surface area contributed by atoms with Crippen LogP contribution in [0.1, 0.15) is 29.3 Å². The van der Waals surface area contributed by atoms with E-state index < -0.39 is 17.6 Å². The van der Waals surface area contributed by atoms with E-state index in [-0.39, 0.29) is 27.9 Å². The van der Waals surface area contributed by atoms with Gasteiger partial charge in [-0.1, -0.05) is 22.9 Å². The molecule has 1 aliphatic rings. The zero-order chi connectivity index (χ0) is 15.8. The fourth-order valence-corrected chi connectivity index (χ4v) is 3.42. The molecule has 1 aromatic rings. The molecular weight excluding hydrogens is 371 g/mol. The Morgan fingerprint density at radius 3 is 2.71 bits per heavy atom. The summed E-state index contributed by atoms with van der Waals surface area (Å²) in [5, 5.41) is 0. The number of amides is 1. The fraction of sp³-hybridized carbons (Fsp3) is 0.500. The summed E-state index contributed by atoms with van der Waals surface area (Å²) in [7, 11) is 0. The second kappa shape index (κ2) is 6.16. The van der Waals surface area contributed by atoms with Gasteiger partial charge in [-0.3, -0.25) is 4.79 Å². The molecule has 2 unspecified atom stereocenters. The van der Waals surface area contributed by atoms with E-state index in [4.69, 9.17) is 11.6 Å². The summed E-state index contributed by atoms with van der Waals surface area (Å²) >= 11 is 8.87. The highest BCUT2D eigenvalue weighted by Crippen LogP contribution is 2.36. The van der Waals surface area contributed by atoms with Crippen LogP contribution in [0.3, 0.4) is 0 Å². The highest BCUT2D eigenvalue weighted by Gasteiger charge is 2.39. The van der Waals surface area contributed by atoms with Crippen molar-refractivity contribution in [1.29, 1.82) is 0 Å². The standard InChI is InChI=1S/C14H14BrClF3NO/c1-8-4-5-20(12(8)7-16)13(21)10-3-2-9(15)6-11(10)14(17,18)19/h2-3,6,8,12H,4-5,7H2,1H3. The molecule has 116 valence electrons. The van der Waals surface area contributed by atoms with Crippen LogP contribution in [0.15, 0.2) is 22.7 Å². The van der Waals surface area contributed by atoms with E-state index in [1.807, 2.05) is 6.92 Å². The summed E-state index contributed by atoms with van der Waals surface area (Å²) in [5.74, 6) is -0.189. The summed E-state index contributed by atoms with van der Waals surface area (Å²) in [4.78, 5) is 13.9. The number of benzene rings is 1. The van der Waals surface area contributed by atoms with Crippen LogP contribution in [-0.2, 0) is 6.18 Å². The lowest BCUT2D eigenvalue weighted by Gasteiger charge is -2.26. The van der Waals surface area contributed by atoms with E-state index in [0.717, 1.165) is 12.5 Å². The molecule has 0 radical (unpaired) electrons. The predicted octanol–water partition coefficient (Wildman–Crippen LogP) is 4.56. The van der Waals surface area contributed by atoms with Gasteiger partial charge in [0.15, 0.2) is 0 Å². The van der Waals surface area contributed by atoms with E-state index in [9.17, 15) is 18.0 Å². The lowest BCUT2D eigenvalue weighted by molar-refractivity contribution is -0.138. The minimum Gasteiger partial charge on any atom is -0.334 e. The Hall–Kier alpha value is -0.750. The van der Waals surface area contributed by atoms with Crippen molar-refractivity contribution < 1.29 is 18.0 Å². The van der Waals surface area contributed by atoms with Gasteiger partial charge in [0.05, 0.1) is 11.1 Å². The van der Waals surface area contributed by atoms with E-state index >= 15 is 0 Å². The third-order valence-electron chi connectivity index (χ3n) is 3.82. The summed E-state index contributed by atoms with van der Waals surface area (Å²) in [6.07, 6.45) is -3.82. The number of hydrogen-bond acceptors (Lipinski definition) is 1. The Balaban J connectivity index is 2.40. The van der Waals surface area contributed by atoms with Crippen molar-refractivity contribution in [3.05, 3.63) is 33.8 Å². The SMILES string of the molecule is CC1CCN(C(=O)c2ccc(Br)cc2C(F)(F)F)C1CCl. The van der Waals surface area contributed by atoms with Gasteiger partial charge >= 0.3 is 6.18 Å². The van der Waals surface area contributed by atoms with Crippen LogP contribution in [0, 0.1) is 5.92 Å². The molecule has 0 saturated carbocycles. The maximum absolute atomic E-state index is 13.1. The molecule has 1 saturated heterocycles. The van der Waals surface area contributed by atoms with Crippen LogP contribution < -0.4 is 0 Å². The van der Waals surface area contributed by atoms with Crippen molar-refractivity contribution in [2.45, 2.75) is 25.6 Å². The van der Waals surface area contributed by atoms with Gasteiger partial charge in [0.2, 0.25) is 0 Å². The lowest BCUT2D eigenvalue weighted by Crippen LogP contribution is -2.39. The third kappa shape index (κ3) is 3.37. The quantitative estimate of drug-likeness (QED) is 0.685. The van der Waals surface area contributed by atoms with Gasteiger partial charge < -0.3 is 4.90 Å². The molecule has 1 aliphatic heterocycles. The molecule has 2 rings (SSSR count). The first-order valence-electron chi connectivity index (χ1n) is 6.49. The van der Waals surface area contributed by atoms with Gasteiger partial charge in [0, 0.05) is 22.9 Å². The van der Waals surface area contributed by atoms with Gasteiger partial charge in [0.25, 0.3) is 5.91 Å². The summed E-state index contributed by atoms with van der Waals surface area (Å²) in [6.45, 7) is 2.39. The predicted molar refractivity (Wildman–Crippen MR) is 78.5 cm³/mol. The Morgan fingerprint density at radius 2 is 2.14 bits per heavy atom. The molecule has 2 nitrogen and oxygen atoms in total. The van der Waals surface area contributed by atoms with Crippen molar-refractivity contribution in [3.8, 4) is 0 Å². The molecule has 1 aromatic carbocycles. The number of hydrogen-bond donors (Lipinski definition) is 0. The molecule has 0 N–H and O–H groups in total. The maximum atomic E-state index is 13.1. The highest BCUT2D eigenvalue weighted by molar-refractivity contribution is 9.10. The number of carbonyl (C=O) groups excluding carboxylic acids is 1. The van der Waals surface area contributed by atoms with Crippen LogP contribution in [0.4, 0.5) is 13.2 Å². The minimum atomic E-state index is -4.57. The maximum Gasteiger partial charge on any atom is 0.417 e. The smallest absolute Gasteiger partial charge is 0.334 e. The Bertz CT molecular complexity index is 550. The van der Waals surface area contributed by atoms with Crippen LogP contribution >= 0.6 is 27.5 Å². The number of carbonyl (C=O) groups is 1. The van der Waals surface area contributed by atoms with Gasteiger partial charge in [-0.25, -0.2) is 0 Å². The Kier molecular flexibility index (Phi) is 4.88. The minimum absolute atomic E-state index is 0.191. The van der Waals surface area contributed by atoms with Crippen LogP contribution in [0.5, 0.6) is 0 Å². The average molecular weight is 385 g/mol. The Morgan fingerprint density at radius 1 is 1.48 bits per heavy atom. The molecule has 1 amide bonds. The zero-order valence-corrected chi connectivity index (χ0v) is 13.6. The van der Waals surface area contributed by atoms with E-state index in [2.05, 4.69) is 15.9 Å². The van der Waals surface area contributed by atoms with Crippen LogP contribution in [0.25, 0.3) is 0 Å². The first kappa shape index (κ1) is 16.6. The summed E-state index contributed by atoms with van der Waals surface area (Å²) < 4.78 is 39.6. The largest absolute Gasteiger partial charge is 0.417 e. The lowest BCUT2D eigenvalue weighted by atomic mass is 10.0. The molecule has 0 aromatic heterocycles. The number of nitrogens with zero attached hydrogens (tertiary/aromatic N) is 1. The van der Waals surface area contributed by atoms with Gasteiger partial charge in [0.1, 0.15) is 0 Å². The molecular formula is C14H14BrClF3NO. The second-order valence-corrected chi connectivity index (χ2v) is 6.40. The van der Waals surface area contributed by atoms with E-state index in [0.29, 0.717) is 6.54 Å². The number of rotatable bonds is 2. The van der Waals surface area contributed by atoms with Crippen molar-refractivity contribution in [3.63, 3.8) is 0 Å². The number of halogens is 5. The third-order valence-corrected chi connectivity index (χ3v) is 4.63. The van der Waals surface area contributed by atoms with Crippen molar-refractivity contribution in [2.24, 2.45) is 5.92 Å². The summed E-state index contributed by atoms with van der Waals surface area (Å²) in [5.41, 5.74) is -1.25. The molecule has 7 heteroatoms. The van der Waals surface area contributed by atoms with E-state index in [1.165, 1.54) is 17.0 Å². The molecule has 0 bridgehead atoms. The van der Waals surface area contributed by atoms with Crippen LogP contribution in [0.2, 0.25) is 0 Å². The number of likely N-dealkylation sites (tertiary alicyclic amines) is 1. The van der Waals surface area contributed by atoms with Crippen molar-refractivity contribution >= 4 is 33.4 Å². The van der Waals surface area contributed by atoms with Gasteiger partial charge in [-0.15, -0.1) is 11.6 Å². The molecule has 0 aliphatic carbocycles. The highest BCUT2D eigenvalue weighted by atomic mass is 79.9. The topological polar surface area (TPSA) is 20.3 Å². The second-order valence-electron chi connectivity index (χ2n) is 5.17. The molecule has 0 spiro atoms. The average Bonchev–Trinajstić information content (AvgIpc) is 2.78. The Labute approximate surface area is 134 Å². The van der Waals surface area contributed by atoms with Crippen molar-refractivity contribution in [2.75, 3.05) is 12.4 Å². The molecule has 1 fully saturated rings. The van der Waals surface area contributed by atoms with Gasteiger partial charge in [-0.2, -0.15) is 13.2 Å².